The van der Waals surface area contributed by atoms with Gasteiger partial charge in [0.2, 0.25) is 11.8 Å². The van der Waals surface area contributed by atoms with Gasteiger partial charge in [-0.15, -0.1) is 0 Å². The van der Waals surface area contributed by atoms with Gasteiger partial charge >= 0.3 is 0 Å². The molecule has 1 unspecified atom stereocenters. The van der Waals surface area contributed by atoms with Gasteiger partial charge in [0.1, 0.15) is 11.5 Å². The maximum Gasteiger partial charge on any atom is 0.227 e. The van der Waals surface area contributed by atoms with Crippen molar-refractivity contribution in [1.29, 1.82) is 0 Å². The lowest BCUT2D eigenvalue weighted by Gasteiger charge is -2.20. The summed E-state index contributed by atoms with van der Waals surface area (Å²) in [6.45, 7) is 2.22. The summed E-state index contributed by atoms with van der Waals surface area (Å²) >= 11 is 0. The number of nitrogens with zero attached hydrogens (tertiary/aromatic N) is 3. The Kier molecular flexibility index (Phi) is 3.70. The van der Waals surface area contributed by atoms with Crippen molar-refractivity contribution in [3.63, 3.8) is 0 Å². The number of methoxy groups -OCH3 is 2. The van der Waals surface area contributed by atoms with E-state index in [0.29, 0.717) is 41.9 Å². The molecule has 7 nitrogen and oxygen atoms in total. The van der Waals surface area contributed by atoms with Crippen LogP contribution in [0.25, 0.3) is 0 Å². The molecule has 22 heavy (non-hydrogen) atoms. The fourth-order valence-electron chi connectivity index (χ4n) is 2.60. The van der Waals surface area contributed by atoms with Gasteiger partial charge in [0.25, 0.3) is 0 Å². The number of aryl methyl sites for hydroxylation is 1. The molecule has 116 valence electrons. The van der Waals surface area contributed by atoms with E-state index in [4.69, 9.17) is 14.0 Å². The zero-order valence-corrected chi connectivity index (χ0v) is 12.7. The minimum atomic E-state index is -0.0825. The summed E-state index contributed by atoms with van der Waals surface area (Å²) in [7, 11) is 3.16. The monoisotopic (exact) mass is 303 g/mol. The molecule has 1 atom stereocenters. The number of carbonyl (C=O) groups is 1. The number of amides is 1. The number of hydrogen-bond acceptors (Lipinski definition) is 6. The molecule has 2 aromatic rings. The maximum absolute atomic E-state index is 12.4. The molecular weight excluding hydrogens is 286 g/mol. The zero-order valence-electron chi connectivity index (χ0n) is 12.7. The maximum atomic E-state index is 12.4. The van der Waals surface area contributed by atoms with Gasteiger partial charge in [-0.05, 0) is 12.1 Å². The minimum Gasteiger partial charge on any atom is -0.497 e. The van der Waals surface area contributed by atoms with Crippen LogP contribution in [0.2, 0.25) is 0 Å². The topological polar surface area (TPSA) is 77.7 Å². The van der Waals surface area contributed by atoms with Gasteiger partial charge in [0, 0.05) is 31.9 Å². The van der Waals surface area contributed by atoms with Crippen LogP contribution in [0.1, 0.15) is 24.1 Å². The Balaban J connectivity index is 1.90. The molecule has 1 aliphatic heterocycles. The van der Waals surface area contributed by atoms with Crippen LogP contribution in [0.4, 0.5) is 5.69 Å². The molecule has 0 radical (unpaired) electrons. The molecule has 1 amide bonds. The Labute approximate surface area is 127 Å². The molecule has 7 heteroatoms. The first-order valence-corrected chi connectivity index (χ1v) is 6.95. The van der Waals surface area contributed by atoms with Gasteiger partial charge in [-0.25, -0.2) is 0 Å². The lowest BCUT2D eigenvalue weighted by atomic mass is 10.1. The third kappa shape index (κ3) is 2.49. The van der Waals surface area contributed by atoms with E-state index in [1.54, 1.807) is 44.2 Å². The SMILES string of the molecule is COc1ccc(OC)c(N2CC(c3noc(C)n3)CC2=O)c1. The molecule has 1 aromatic carbocycles. The van der Waals surface area contributed by atoms with E-state index < -0.39 is 0 Å². The first-order valence-electron chi connectivity index (χ1n) is 6.95. The van der Waals surface area contributed by atoms with E-state index in [9.17, 15) is 4.79 Å². The first kappa shape index (κ1) is 14.4. The van der Waals surface area contributed by atoms with Crippen molar-refractivity contribution >= 4 is 11.6 Å². The Morgan fingerprint density at radius 3 is 2.77 bits per heavy atom. The highest BCUT2D eigenvalue weighted by molar-refractivity contribution is 5.98. The first-order chi connectivity index (χ1) is 10.6. The van der Waals surface area contributed by atoms with Crippen LogP contribution in [0.5, 0.6) is 11.5 Å². The number of hydrogen-bond donors (Lipinski definition) is 0. The van der Waals surface area contributed by atoms with Gasteiger partial charge in [-0.2, -0.15) is 4.98 Å². The Morgan fingerprint density at radius 1 is 1.32 bits per heavy atom. The predicted molar refractivity (Wildman–Crippen MR) is 78.3 cm³/mol. The summed E-state index contributed by atoms with van der Waals surface area (Å²) in [5.74, 6) is 2.27. The standard InChI is InChI=1S/C15H17N3O4/c1-9-16-15(17-22-9)10-6-14(19)18(8-10)12-7-11(20-2)4-5-13(12)21-3/h4-5,7,10H,6,8H2,1-3H3. The highest BCUT2D eigenvalue weighted by Gasteiger charge is 2.35. The van der Waals surface area contributed by atoms with E-state index in [2.05, 4.69) is 10.1 Å². The van der Waals surface area contributed by atoms with Gasteiger partial charge < -0.3 is 18.9 Å². The van der Waals surface area contributed by atoms with E-state index in [-0.39, 0.29) is 11.8 Å². The molecule has 1 saturated heterocycles. The second-order valence-electron chi connectivity index (χ2n) is 5.11. The molecule has 3 rings (SSSR count). The van der Waals surface area contributed by atoms with Crippen LogP contribution in [0.15, 0.2) is 22.7 Å². The minimum absolute atomic E-state index is 0.000920. The second kappa shape index (κ2) is 5.67. The van der Waals surface area contributed by atoms with Crippen LogP contribution < -0.4 is 14.4 Å². The van der Waals surface area contributed by atoms with Crippen LogP contribution in [0.3, 0.4) is 0 Å². The molecule has 1 aromatic heterocycles. The van der Waals surface area contributed by atoms with Gasteiger partial charge in [0.15, 0.2) is 5.82 Å². The van der Waals surface area contributed by atoms with Crippen LogP contribution in [-0.2, 0) is 4.79 Å². The number of ether oxygens (including phenoxy) is 2. The van der Waals surface area contributed by atoms with Crippen LogP contribution >= 0.6 is 0 Å². The van der Waals surface area contributed by atoms with E-state index in [1.165, 1.54) is 0 Å². The molecule has 2 heterocycles. The highest BCUT2D eigenvalue weighted by Crippen LogP contribution is 2.37. The van der Waals surface area contributed by atoms with Crippen molar-refractivity contribution in [3.05, 3.63) is 29.9 Å². The number of anilines is 1. The number of rotatable bonds is 4. The van der Waals surface area contributed by atoms with Crippen molar-refractivity contribution in [1.82, 2.24) is 10.1 Å². The Hall–Kier alpha value is -2.57. The fourth-order valence-corrected chi connectivity index (χ4v) is 2.60. The van der Waals surface area contributed by atoms with E-state index in [1.807, 2.05) is 0 Å². The summed E-state index contributed by atoms with van der Waals surface area (Å²) in [5.41, 5.74) is 0.689. The summed E-state index contributed by atoms with van der Waals surface area (Å²) in [6, 6.07) is 5.37. The number of carbonyl (C=O) groups excluding carboxylic acids is 1. The molecule has 0 aliphatic carbocycles. The summed E-state index contributed by atoms with van der Waals surface area (Å²) < 4.78 is 15.6. The predicted octanol–water partition coefficient (Wildman–Crippen LogP) is 1.92. The third-order valence-corrected chi connectivity index (χ3v) is 3.71. The van der Waals surface area contributed by atoms with Crippen molar-refractivity contribution < 1.29 is 18.8 Å². The number of aromatic nitrogens is 2. The van der Waals surface area contributed by atoms with Crippen LogP contribution in [0, 0.1) is 6.92 Å². The van der Waals surface area contributed by atoms with Gasteiger partial charge in [-0.1, -0.05) is 5.16 Å². The molecule has 0 spiro atoms. The smallest absolute Gasteiger partial charge is 0.227 e. The van der Waals surface area contributed by atoms with Crippen molar-refractivity contribution in [3.8, 4) is 11.5 Å². The lowest BCUT2D eigenvalue weighted by molar-refractivity contribution is -0.117. The highest BCUT2D eigenvalue weighted by atomic mass is 16.5. The second-order valence-corrected chi connectivity index (χ2v) is 5.11. The average molecular weight is 303 g/mol. The molecular formula is C15H17N3O4. The average Bonchev–Trinajstić information content (AvgIpc) is 3.12. The molecule has 0 bridgehead atoms. The summed E-state index contributed by atoms with van der Waals surface area (Å²) in [6.07, 6.45) is 0.347. The van der Waals surface area contributed by atoms with Gasteiger partial charge in [0.05, 0.1) is 19.9 Å². The third-order valence-electron chi connectivity index (χ3n) is 3.71. The van der Waals surface area contributed by atoms with E-state index >= 15 is 0 Å². The quantitative estimate of drug-likeness (QED) is 0.858. The normalized spacial score (nSPS) is 17.9. The fraction of sp³-hybridized carbons (Fsp3) is 0.400. The van der Waals surface area contributed by atoms with Crippen molar-refractivity contribution in [2.75, 3.05) is 25.7 Å². The van der Waals surface area contributed by atoms with E-state index in [0.717, 1.165) is 0 Å². The van der Waals surface area contributed by atoms with Crippen molar-refractivity contribution in [2.24, 2.45) is 0 Å². The lowest BCUT2D eigenvalue weighted by Crippen LogP contribution is -2.25. The molecule has 1 aliphatic rings. The van der Waals surface area contributed by atoms with Crippen molar-refractivity contribution in [2.45, 2.75) is 19.3 Å². The van der Waals surface area contributed by atoms with Gasteiger partial charge in [-0.3, -0.25) is 4.79 Å². The Morgan fingerprint density at radius 2 is 2.14 bits per heavy atom. The number of benzene rings is 1. The molecule has 0 N–H and O–H groups in total. The molecule has 0 saturated carbocycles. The zero-order chi connectivity index (χ0) is 15.7. The Bertz CT molecular complexity index is 698. The summed E-state index contributed by atoms with van der Waals surface area (Å²) in [5, 5.41) is 3.92. The summed E-state index contributed by atoms with van der Waals surface area (Å²) in [4.78, 5) is 18.3. The van der Waals surface area contributed by atoms with Crippen LogP contribution in [-0.4, -0.2) is 36.8 Å². The largest absolute Gasteiger partial charge is 0.497 e. The molecule has 1 fully saturated rings.